The van der Waals surface area contributed by atoms with Crippen molar-refractivity contribution in [2.45, 2.75) is 12.0 Å². The molecule has 4 atom stereocenters. The van der Waals surface area contributed by atoms with E-state index in [1.165, 1.54) is 14.2 Å². The Morgan fingerprint density at radius 3 is 2.31 bits per heavy atom. The van der Waals surface area contributed by atoms with E-state index in [1.807, 2.05) is 12.1 Å². The summed E-state index contributed by atoms with van der Waals surface area (Å²) < 4.78 is 33.6. The maximum absolute atomic E-state index is 13.0. The summed E-state index contributed by atoms with van der Waals surface area (Å²) in [7, 11) is 2.93. The average molecular weight is 443 g/mol. The van der Waals surface area contributed by atoms with Crippen molar-refractivity contribution >= 4 is 5.97 Å². The van der Waals surface area contributed by atoms with Crippen molar-refractivity contribution in [2.75, 3.05) is 40.8 Å². The van der Waals surface area contributed by atoms with E-state index in [9.17, 15) is 9.90 Å². The Morgan fingerprint density at radius 1 is 1.03 bits per heavy atom. The summed E-state index contributed by atoms with van der Waals surface area (Å²) in [6, 6.07) is 7.26. The maximum Gasteiger partial charge on any atom is 0.310 e. The van der Waals surface area contributed by atoms with Crippen LogP contribution in [0.2, 0.25) is 0 Å². The van der Waals surface area contributed by atoms with Gasteiger partial charge in [-0.05, 0) is 41.0 Å². The zero-order chi connectivity index (χ0) is 22.4. The van der Waals surface area contributed by atoms with Gasteiger partial charge in [-0.15, -0.1) is 0 Å². The molecule has 9 nitrogen and oxygen atoms in total. The van der Waals surface area contributed by atoms with Crippen LogP contribution in [-0.2, 0) is 14.3 Å². The number of carbonyl (C=O) groups is 1. The minimum Gasteiger partial charge on any atom is -0.502 e. The molecule has 2 aromatic rings. The van der Waals surface area contributed by atoms with E-state index >= 15 is 0 Å². The number of hydrogen-bond donors (Lipinski definition) is 2. The van der Waals surface area contributed by atoms with Crippen LogP contribution in [-0.4, -0.2) is 51.8 Å². The van der Waals surface area contributed by atoms with Crippen LogP contribution in [0.3, 0.4) is 0 Å². The number of esters is 1. The van der Waals surface area contributed by atoms with Crippen LogP contribution < -0.4 is 24.7 Å². The van der Waals surface area contributed by atoms with Crippen LogP contribution in [0.15, 0.2) is 24.3 Å². The highest BCUT2D eigenvalue weighted by Crippen LogP contribution is 2.56. The molecule has 1 aliphatic carbocycles. The number of nitrogens with two attached hydrogens (primary N) is 1. The third-order valence-corrected chi connectivity index (χ3v) is 6.40. The Morgan fingerprint density at radius 2 is 1.69 bits per heavy atom. The Labute approximate surface area is 184 Å². The van der Waals surface area contributed by atoms with Crippen molar-refractivity contribution in [1.29, 1.82) is 0 Å². The molecule has 0 bridgehead atoms. The lowest BCUT2D eigenvalue weighted by Crippen LogP contribution is -2.36. The second-order valence-corrected chi connectivity index (χ2v) is 7.99. The number of hydrogen-bond acceptors (Lipinski definition) is 9. The van der Waals surface area contributed by atoms with E-state index in [1.54, 1.807) is 12.1 Å². The molecule has 0 amide bonds. The van der Waals surface area contributed by atoms with E-state index in [0.29, 0.717) is 24.7 Å². The molecule has 0 aromatic heterocycles. The third-order valence-electron chi connectivity index (χ3n) is 6.40. The summed E-state index contributed by atoms with van der Waals surface area (Å²) in [5.41, 5.74) is 8.22. The quantitative estimate of drug-likeness (QED) is 0.647. The van der Waals surface area contributed by atoms with Crippen molar-refractivity contribution in [3.8, 4) is 28.7 Å². The molecule has 2 aliphatic heterocycles. The minimum absolute atomic E-state index is 0.102. The van der Waals surface area contributed by atoms with Crippen LogP contribution in [0.5, 0.6) is 28.7 Å². The number of rotatable bonds is 6. The molecular formula is C23H25NO8. The summed E-state index contributed by atoms with van der Waals surface area (Å²) in [5, 5.41) is 10.4. The van der Waals surface area contributed by atoms with Crippen LogP contribution in [0.4, 0.5) is 0 Å². The molecule has 2 heterocycles. The average Bonchev–Trinajstić information content (AvgIpc) is 3.42. The maximum atomic E-state index is 13.0. The van der Waals surface area contributed by atoms with E-state index in [2.05, 4.69) is 0 Å². The van der Waals surface area contributed by atoms with E-state index in [-0.39, 0.29) is 54.6 Å². The summed E-state index contributed by atoms with van der Waals surface area (Å²) in [6.45, 7) is 1.09. The second kappa shape index (κ2) is 8.07. The Balaban J connectivity index is 1.72. The lowest BCUT2D eigenvalue weighted by atomic mass is 9.66. The molecule has 5 rings (SSSR count). The monoisotopic (exact) mass is 443 g/mol. The van der Waals surface area contributed by atoms with Gasteiger partial charge in [-0.1, -0.05) is 0 Å². The van der Waals surface area contributed by atoms with Crippen LogP contribution >= 0.6 is 0 Å². The number of carbonyl (C=O) groups excluding carboxylic acids is 1. The highest BCUT2D eigenvalue weighted by molar-refractivity contribution is 5.79. The third kappa shape index (κ3) is 3.11. The molecule has 0 radical (unpaired) electrons. The first-order valence-electron chi connectivity index (χ1n) is 10.4. The molecule has 32 heavy (non-hydrogen) atoms. The van der Waals surface area contributed by atoms with Gasteiger partial charge in [0.05, 0.1) is 39.5 Å². The largest absolute Gasteiger partial charge is 0.502 e. The molecule has 3 N–H and O–H groups in total. The van der Waals surface area contributed by atoms with E-state index < -0.39 is 5.92 Å². The first kappa shape index (κ1) is 20.7. The molecule has 0 spiro atoms. The van der Waals surface area contributed by atoms with E-state index in [4.69, 9.17) is 34.2 Å². The zero-order valence-electron chi connectivity index (χ0n) is 17.8. The van der Waals surface area contributed by atoms with Gasteiger partial charge in [-0.3, -0.25) is 4.79 Å². The van der Waals surface area contributed by atoms with Crippen molar-refractivity contribution in [2.24, 2.45) is 17.6 Å². The molecular weight excluding hydrogens is 418 g/mol. The molecule has 0 saturated carbocycles. The molecule has 1 fully saturated rings. The summed E-state index contributed by atoms with van der Waals surface area (Å²) >= 11 is 0. The molecule has 170 valence electrons. The Bertz CT molecular complexity index is 1030. The zero-order valence-corrected chi connectivity index (χ0v) is 17.8. The minimum atomic E-state index is -0.496. The summed E-state index contributed by atoms with van der Waals surface area (Å²) in [5.74, 6) is 0.258. The lowest BCUT2D eigenvalue weighted by Gasteiger charge is -2.39. The molecule has 3 aliphatic rings. The normalized spacial score (nSPS) is 25.2. The fraction of sp³-hybridized carbons (Fsp3) is 0.435. The smallest absolute Gasteiger partial charge is 0.310 e. The topological polar surface area (TPSA) is 119 Å². The SMILES string of the molecule is COc1cc([C@H]2c3cc4c(cc3[C@H](OCCN)[C@H]3COC(=O)[C@H]23)OCO4)cc(OC)c1O. The lowest BCUT2D eigenvalue weighted by molar-refractivity contribution is -0.141. The standard InChI is InChI=1S/C23H25NO8/c1-27-17-5-11(6-18(28-2)21(17)25)19-12-7-15-16(32-10-31-15)8-13(12)22(29-4-3-24)14-9-30-23(26)20(14)19/h5-8,14,19-20,22,25H,3-4,9-10,24H2,1-2H3/t14-,19-,20-,22-/m0/s1. The highest BCUT2D eigenvalue weighted by atomic mass is 16.7. The number of ether oxygens (including phenoxy) is 6. The summed E-state index contributed by atoms with van der Waals surface area (Å²) in [4.78, 5) is 13.0. The van der Waals surface area contributed by atoms with Crippen molar-refractivity contribution in [1.82, 2.24) is 0 Å². The van der Waals surface area contributed by atoms with E-state index in [0.717, 1.165) is 16.7 Å². The molecule has 0 unspecified atom stereocenters. The van der Waals surface area contributed by atoms with Gasteiger partial charge in [0.25, 0.3) is 0 Å². The number of methoxy groups -OCH3 is 2. The molecule has 2 aromatic carbocycles. The number of phenols is 1. The van der Waals surface area contributed by atoms with Gasteiger partial charge in [-0.2, -0.15) is 0 Å². The van der Waals surface area contributed by atoms with Gasteiger partial charge >= 0.3 is 5.97 Å². The molecule has 9 heteroatoms. The first-order chi connectivity index (χ1) is 15.6. The number of fused-ring (bicyclic) bond motifs is 3. The number of benzene rings is 2. The second-order valence-electron chi connectivity index (χ2n) is 7.99. The Hall–Kier alpha value is -3.17. The number of phenolic OH excluding ortho intramolecular Hbond substituents is 1. The molecule has 1 saturated heterocycles. The predicted molar refractivity (Wildman–Crippen MR) is 111 cm³/mol. The van der Waals surface area contributed by atoms with Gasteiger partial charge in [0, 0.05) is 18.4 Å². The number of cyclic esters (lactones) is 1. The fourth-order valence-corrected chi connectivity index (χ4v) is 5.01. The van der Waals surface area contributed by atoms with Gasteiger partial charge in [0.2, 0.25) is 12.5 Å². The fourth-order valence-electron chi connectivity index (χ4n) is 5.01. The van der Waals surface area contributed by atoms with Gasteiger partial charge in [0.15, 0.2) is 23.0 Å². The van der Waals surface area contributed by atoms with Crippen molar-refractivity contribution in [3.63, 3.8) is 0 Å². The Kier molecular flexibility index (Phi) is 5.22. The number of aromatic hydroxyl groups is 1. The predicted octanol–water partition coefficient (Wildman–Crippen LogP) is 2.09. The van der Waals surface area contributed by atoms with Gasteiger partial charge in [-0.25, -0.2) is 0 Å². The van der Waals surface area contributed by atoms with Crippen molar-refractivity contribution in [3.05, 3.63) is 41.0 Å². The van der Waals surface area contributed by atoms with Gasteiger partial charge < -0.3 is 39.3 Å². The van der Waals surface area contributed by atoms with Gasteiger partial charge in [0.1, 0.15) is 0 Å². The van der Waals surface area contributed by atoms with Crippen LogP contribution in [0.1, 0.15) is 28.7 Å². The van der Waals surface area contributed by atoms with Crippen LogP contribution in [0.25, 0.3) is 0 Å². The first-order valence-corrected chi connectivity index (χ1v) is 10.4. The highest BCUT2D eigenvalue weighted by Gasteiger charge is 2.53. The van der Waals surface area contributed by atoms with Crippen molar-refractivity contribution < 1.29 is 38.3 Å². The summed E-state index contributed by atoms with van der Waals surface area (Å²) in [6.07, 6.45) is -0.378. The van der Waals surface area contributed by atoms with Crippen LogP contribution in [0, 0.1) is 11.8 Å².